The maximum Gasteiger partial charge on any atom is 0.324 e. The molecule has 6 heteroatoms. The fraction of sp³-hybridized carbons (Fsp3) is 0.208. The van der Waals surface area contributed by atoms with E-state index in [9.17, 15) is 13.2 Å². The molecule has 0 unspecified atom stereocenters. The van der Waals surface area contributed by atoms with E-state index in [1.807, 2.05) is 60.7 Å². The summed E-state index contributed by atoms with van der Waals surface area (Å²) >= 11 is 0. The van der Waals surface area contributed by atoms with Crippen molar-refractivity contribution in [3.8, 4) is 11.1 Å². The summed E-state index contributed by atoms with van der Waals surface area (Å²) < 4.78 is 33.6. The van der Waals surface area contributed by atoms with E-state index in [-0.39, 0.29) is 17.4 Å². The molecule has 0 spiro atoms. The van der Waals surface area contributed by atoms with Crippen LogP contribution in [0.3, 0.4) is 0 Å². The Morgan fingerprint density at radius 2 is 1.37 bits per heavy atom. The summed E-state index contributed by atoms with van der Waals surface area (Å²) in [5.41, 5.74) is 2.75. The van der Waals surface area contributed by atoms with Gasteiger partial charge in [-0.1, -0.05) is 86.6 Å². The minimum absolute atomic E-state index is 0.0936. The Morgan fingerprint density at radius 3 is 1.93 bits per heavy atom. The van der Waals surface area contributed by atoms with Crippen LogP contribution >= 0.6 is 0 Å². The van der Waals surface area contributed by atoms with Gasteiger partial charge in [0, 0.05) is 0 Å². The number of carbonyl (C=O) groups excluding carboxylic acids is 1. The topological polar surface area (TPSA) is 72.5 Å². The number of hydrogen-bond acceptors (Lipinski definition) is 4. The smallest absolute Gasteiger partial charge is 0.324 e. The molecule has 0 aliphatic heterocycles. The van der Waals surface area contributed by atoms with Gasteiger partial charge >= 0.3 is 5.97 Å². The monoisotopic (exact) mass is 423 g/mol. The van der Waals surface area contributed by atoms with Gasteiger partial charge in [0.2, 0.25) is 10.0 Å². The summed E-state index contributed by atoms with van der Waals surface area (Å²) in [6, 6.07) is 24.6. The summed E-state index contributed by atoms with van der Waals surface area (Å²) in [7, 11) is -3.88. The van der Waals surface area contributed by atoms with Gasteiger partial charge in [-0.2, -0.15) is 4.72 Å². The SMILES string of the molecule is CC(C)[C@@H](NS(=O)(=O)c1ccc(-c2ccccc2)cc1)C(=O)OCc1ccccc1. The Labute approximate surface area is 177 Å². The van der Waals surface area contributed by atoms with Gasteiger partial charge < -0.3 is 4.74 Å². The van der Waals surface area contributed by atoms with Crippen molar-refractivity contribution in [2.75, 3.05) is 0 Å². The van der Waals surface area contributed by atoms with Crippen molar-refractivity contribution in [1.29, 1.82) is 0 Å². The molecule has 1 N–H and O–H groups in total. The van der Waals surface area contributed by atoms with E-state index in [4.69, 9.17) is 4.74 Å². The molecule has 0 aliphatic rings. The Kier molecular flexibility index (Phi) is 7.03. The van der Waals surface area contributed by atoms with Gasteiger partial charge in [0.05, 0.1) is 4.90 Å². The summed E-state index contributed by atoms with van der Waals surface area (Å²) in [5.74, 6) is -0.870. The van der Waals surface area contributed by atoms with E-state index in [0.717, 1.165) is 16.7 Å². The molecule has 0 aromatic heterocycles. The van der Waals surface area contributed by atoms with Gasteiger partial charge in [0.15, 0.2) is 0 Å². The first-order valence-corrected chi connectivity index (χ1v) is 11.2. The quantitative estimate of drug-likeness (QED) is 0.545. The van der Waals surface area contributed by atoms with Crippen LogP contribution in [0.5, 0.6) is 0 Å². The number of sulfonamides is 1. The molecular weight excluding hydrogens is 398 g/mol. The Morgan fingerprint density at radius 1 is 0.833 bits per heavy atom. The number of esters is 1. The number of benzene rings is 3. The van der Waals surface area contributed by atoms with Crippen LogP contribution in [-0.4, -0.2) is 20.4 Å². The van der Waals surface area contributed by atoms with E-state index in [1.165, 1.54) is 12.1 Å². The summed E-state index contributed by atoms with van der Waals surface area (Å²) in [4.78, 5) is 12.7. The molecule has 3 aromatic carbocycles. The number of nitrogens with one attached hydrogen (secondary N) is 1. The fourth-order valence-electron chi connectivity index (χ4n) is 2.97. The molecule has 156 valence electrons. The van der Waals surface area contributed by atoms with Gasteiger partial charge in [-0.15, -0.1) is 0 Å². The third-order valence-corrected chi connectivity index (χ3v) is 6.16. The fourth-order valence-corrected chi connectivity index (χ4v) is 4.30. The highest BCUT2D eigenvalue weighted by atomic mass is 32.2. The number of hydrogen-bond donors (Lipinski definition) is 1. The van der Waals surface area contributed by atoms with Crippen molar-refractivity contribution in [1.82, 2.24) is 4.72 Å². The van der Waals surface area contributed by atoms with E-state index in [0.29, 0.717) is 0 Å². The maximum absolute atomic E-state index is 12.9. The van der Waals surface area contributed by atoms with E-state index in [1.54, 1.807) is 26.0 Å². The Bertz CT molecular complexity index is 1060. The molecule has 0 saturated carbocycles. The van der Waals surface area contributed by atoms with Crippen molar-refractivity contribution >= 4 is 16.0 Å². The van der Waals surface area contributed by atoms with Crippen LogP contribution in [0.15, 0.2) is 89.8 Å². The minimum atomic E-state index is -3.88. The molecule has 0 fully saturated rings. The highest BCUT2D eigenvalue weighted by Crippen LogP contribution is 2.21. The van der Waals surface area contributed by atoms with Gasteiger partial charge in [-0.25, -0.2) is 8.42 Å². The molecule has 0 aliphatic carbocycles. The second-order valence-corrected chi connectivity index (χ2v) is 9.04. The predicted octanol–water partition coefficient (Wildman–Crippen LogP) is 4.40. The zero-order chi connectivity index (χ0) is 21.6. The number of rotatable bonds is 8. The zero-order valence-corrected chi connectivity index (χ0v) is 17.8. The van der Waals surface area contributed by atoms with Gasteiger partial charge in [-0.05, 0) is 34.7 Å². The average molecular weight is 424 g/mol. The zero-order valence-electron chi connectivity index (χ0n) is 17.0. The average Bonchev–Trinajstić information content (AvgIpc) is 2.77. The second-order valence-electron chi connectivity index (χ2n) is 7.33. The first-order chi connectivity index (χ1) is 14.4. The third-order valence-electron chi connectivity index (χ3n) is 4.70. The van der Waals surface area contributed by atoms with Crippen molar-refractivity contribution < 1.29 is 17.9 Å². The summed E-state index contributed by atoms with van der Waals surface area (Å²) in [6.45, 7) is 3.64. The Balaban J connectivity index is 1.71. The minimum Gasteiger partial charge on any atom is -0.460 e. The first kappa shape index (κ1) is 21.7. The van der Waals surface area contributed by atoms with Crippen molar-refractivity contribution in [3.63, 3.8) is 0 Å². The maximum atomic E-state index is 12.9. The molecule has 1 atom stereocenters. The summed E-state index contributed by atoms with van der Waals surface area (Å²) in [6.07, 6.45) is 0. The van der Waals surface area contributed by atoms with Crippen molar-refractivity contribution in [2.45, 2.75) is 31.4 Å². The standard InChI is InChI=1S/C24H25NO4S/c1-18(2)23(24(26)29-17-19-9-5-3-6-10-19)25-30(27,28)22-15-13-21(14-16-22)20-11-7-4-8-12-20/h3-16,18,23,25H,17H2,1-2H3/t23-/m1/s1. The third kappa shape index (κ3) is 5.55. The largest absolute Gasteiger partial charge is 0.460 e. The van der Waals surface area contributed by atoms with Gasteiger partial charge in [-0.3, -0.25) is 4.79 Å². The normalized spacial score (nSPS) is 12.5. The van der Waals surface area contributed by atoms with Crippen LogP contribution in [0.25, 0.3) is 11.1 Å². The molecule has 0 heterocycles. The van der Waals surface area contributed by atoms with Crippen LogP contribution in [0, 0.1) is 5.92 Å². The van der Waals surface area contributed by atoms with Crippen LogP contribution in [-0.2, 0) is 26.2 Å². The lowest BCUT2D eigenvalue weighted by Gasteiger charge is -2.21. The molecule has 0 saturated heterocycles. The molecule has 3 rings (SSSR count). The summed E-state index contributed by atoms with van der Waals surface area (Å²) in [5, 5.41) is 0. The van der Waals surface area contributed by atoms with Crippen molar-refractivity contribution in [2.24, 2.45) is 5.92 Å². The molecular formula is C24H25NO4S. The molecule has 3 aromatic rings. The molecule has 0 amide bonds. The number of ether oxygens (including phenoxy) is 1. The van der Waals surface area contributed by atoms with Crippen LogP contribution in [0.2, 0.25) is 0 Å². The molecule has 0 bridgehead atoms. The van der Waals surface area contributed by atoms with Crippen molar-refractivity contribution in [3.05, 3.63) is 90.5 Å². The van der Waals surface area contributed by atoms with Gasteiger partial charge in [0.25, 0.3) is 0 Å². The second kappa shape index (κ2) is 9.69. The highest BCUT2D eigenvalue weighted by molar-refractivity contribution is 7.89. The molecule has 0 radical (unpaired) electrons. The van der Waals surface area contributed by atoms with Crippen LogP contribution < -0.4 is 4.72 Å². The van der Waals surface area contributed by atoms with Gasteiger partial charge in [0.1, 0.15) is 12.6 Å². The van der Waals surface area contributed by atoms with E-state index >= 15 is 0 Å². The predicted molar refractivity (Wildman–Crippen MR) is 117 cm³/mol. The van der Waals surface area contributed by atoms with E-state index in [2.05, 4.69) is 4.72 Å². The molecule has 5 nitrogen and oxygen atoms in total. The lowest BCUT2D eigenvalue weighted by Crippen LogP contribution is -2.45. The lowest BCUT2D eigenvalue weighted by molar-refractivity contribution is -0.148. The molecule has 30 heavy (non-hydrogen) atoms. The van der Waals surface area contributed by atoms with Crippen LogP contribution in [0.4, 0.5) is 0 Å². The highest BCUT2D eigenvalue weighted by Gasteiger charge is 2.29. The van der Waals surface area contributed by atoms with Crippen LogP contribution in [0.1, 0.15) is 19.4 Å². The first-order valence-electron chi connectivity index (χ1n) is 9.75. The number of carbonyl (C=O) groups is 1. The Hall–Kier alpha value is -2.96. The van der Waals surface area contributed by atoms with E-state index < -0.39 is 22.0 Å². The lowest BCUT2D eigenvalue weighted by atomic mass is 10.1.